The van der Waals surface area contributed by atoms with Gasteiger partial charge >= 0.3 is 5.97 Å². The third-order valence-electron chi connectivity index (χ3n) is 2.65. The lowest BCUT2D eigenvalue weighted by Crippen LogP contribution is -2.13. The Hall–Kier alpha value is -1.82. The van der Waals surface area contributed by atoms with Gasteiger partial charge in [-0.15, -0.1) is 0 Å². The fourth-order valence-corrected chi connectivity index (χ4v) is 2.32. The van der Waals surface area contributed by atoms with Gasteiger partial charge in [0.2, 0.25) is 0 Å². The van der Waals surface area contributed by atoms with Crippen molar-refractivity contribution in [1.29, 1.82) is 0 Å². The van der Waals surface area contributed by atoms with Gasteiger partial charge in [0.1, 0.15) is 0 Å². The first kappa shape index (κ1) is 13.6. The van der Waals surface area contributed by atoms with Crippen LogP contribution in [0.15, 0.2) is 35.1 Å². The van der Waals surface area contributed by atoms with Gasteiger partial charge < -0.3 is 10.4 Å². The predicted octanol–water partition coefficient (Wildman–Crippen LogP) is 2.76. The number of rotatable bonds is 5. The van der Waals surface area contributed by atoms with Crippen LogP contribution in [0.1, 0.15) is 15.9 Å². The highest BCUT2D eigenvalue weighted by Gasteiger charge is 2.13. The number of carbonyl (C=O) groups is 1. The Morgan fingerprint density at radius 2 is 2.32 bits per heavy atom. The van der Waals surface area contributed by atoms with Crippen molar-refractivity contribution < 1.29 is 9.90 Å². The van der Waals surface area contributed by atoms with Crippen LogP contribution in [0.4, 0.5) is 5.69 Å². The number of aryl methyl sites for hydroxylation is 1. The minimum atomic E-state index is -0.954. The number of aromatic carboxylic acids is 1. The van der Waals surface area contributed by atoms with E-state index >= 15 is 0 Å². The molecular formula is C13H14BrN3O2. The number of anilines is 1. The van der Waals surface area contributed by atoms with Crippen LogP contribution in [0, 0.1) is 6.92 Å². The fraction of sp³-hybridized carbons (Fsp3) is 0.231. The second-order valence-corrected chi connectivity index (χ2v) is 5.03. The van der Waals surface area contributed by atoms with Crippen molar-refractivity contribution in [2.75, 3.05) is 11.9 Å². The first-order valence-corrected chi connectivity index (χ1v) is 6.62. The zero-order valence-corrected chi connectivity index (χ0v) is 12.0. The number of carboxylic acids is 1. The molecule has 0 aliphatic rings. The molecule has 0 fully saturated rings. The molecule has 1 heterocycles. The summed E-state index contributed by atoms with van der Waals surface area (Å²) in [5.74, 6) is -0.954. The van der Waals surface area contributed by atoms with E-state index in [4.69, 9.17) is 0 Å². The van der Waals surface area contributed by atoms with E-state index < -0.39 is 5.97 Å². The van der Waals surface area contributed by atoms with Gasteiger partial charge in [-0.3, -0.25) is 4.68 Å². The fourth-order valence-electron chi connectivity index (χ4n) is 1.78. The molecule has 0 aliphatic carbocycles. The van der Waals surface area contributed by atoms with E-state index in [1.807, 2.05) is 17.8 Å². The Morgan fingerprint density at radius 3 is 2.95 bits per heavy atom. The van der Waals surface area contributed by atoms with Crippen LogP contribution in [-0.2, 0) is 6.54 Å². The van der Waals surface area contributed by atoms with Crippen molar-refractivity contribution in [3.05, 3.63) is 46.2 Å². The lowest BCUT2D eigenvalue weighted by atomic mass is 10.2. The zero-order valence-electron chi connectivity index (χ0n) is 10.4. The molecule has 100 valence electrons. The average molecular weight is 324 g/mol. The van der Waals surface area contributed by atoms with Crippen LogP contribution in [0.2, 0.25) is 0 Å². The number of nitrogens with one attached hydrogen (secondary N) is 1. The maximum atomic E-state index is 11.2. The number of aromatic nitrogens is 2. The standard InChI is InChI=1S/C13H14BrN3O2/c1-9-7-16-17(8-9)6-5-15-11-4-2-3-10(14)12(11)13(18)19/h2-4,7-8,15H,5-6H2,1H3,(H,18,19). The highest BCUT2D eigenvalue weighted by molar-refractivity contribution is 9.10. The van der Waals surface area contributed by atoms with E-state index in [1.54, 1.807) is 24.4 Å². The molecule has 0 radical (unpaired) electrons. The van der Waals surface area contributed by atoms with Crippen molar-refractivity contribution in [1.82, 2.24) is 9.78 Å². The molecule has 2 aromatic rings. The van der Waals surface area contributed by atoms with Crippen LogP contribution in [-0.4, -0.2) is 27.4 Å². The largest absolute Gasteiger partial charge is 0.478 e. The predicted molar refractivity (Wildman–Crippen MR) is 76.6 cm³/mol. The quantitative estimate of drug-likeness (QED) is 0.887. The zero-order chi connectivity index (χ0) is 13.8. The molecule has 0 aliphatic heterocycles. The minimum absolute atomic E-state index is 0.249. The number of carboxylic acid groups (broad SMARTS) is 1. The molecular weight excluding hydrogens is 310 g/mol. The second kappa shape index (κ2) is 5.88. The van der Waals surface area contributed by atoms with Crippen LogP contribution >= 0.6 is 15.9 Å². The molecule has 0 saturated carbocycles. The second-order valence-electron chi connectivity index (χ2n) is 4.18. The molecule has 0 spiro atoms. The van der Waals surface area contributed by atoms with E-state index in [0.717, 1.165) is 5.56 Å². The van der Waals surface area contributed by atoms with E-state index in [9.17, 15) is 9.90 Å². The highest BCUT2D eigenvalue weighted by Crippen LogP contribution is 2.24. The van der Waals surface area contributed by atoms with Crippen molar-refractivity contribution in [3.63, 3.8) is 0 Å². The van der Waals surface area contributed by atoms with Crippen LogP contribution in [0.25, 0.3) is 0 Å². The molecule has 1 aromatic carbocycles. The van der Waals surface area contributed by atoms with Gasteiger partial charge in [0.05, 0.1) is 18.3 Å². The maximum Gasteiger partial charge on any atom is 0.338 e. The number of hydrogen-bond acceptors (Lipinski definition) is 3. The van der Waals surface area contributed by atoms with Crippen LogP contribution in [0.3, 0.4) is 0 Å². The van der Waals surface area contributed by atoms with E-state index in [2.05, 4.69) is 26.3 Å². The Balaban J connectivity index is 2.03. The van der Waals surface area contributed by atoms with Crippen molar-refractivity contribution in [3.8, 4) is 0 Å². The molecule has 0 unspecified atom stereocenters. The molecule has 0 amide bonds. The number of hydrogen-bond donors (Lipinski definition) is 2. The summed E-state index contributed by atoms with van der Waals surface area (Å²) in [5.41, 5.74) is 1.96. The van der Waals surface area contributed by atoms with Gasteiger partial charge in [0.25, 0.3) is 0 Å². The summed E-state index contributed by atoms with van der Waals surface area (Å²) in [6, 6.07) is 5.27. The highest BCUT2D eigenvalue weighted by atomic mass is 79.9. The van der Waals surface area contributed by atoms with Crippen molar-refractivity contribution in [2.45, 2.75) is 13.5 Å². The lowest BCUT2D eigenvalue weighted by Gasteiger charge is -2.10. The monoisotopic (exact) mass is 323 g/mol. The average Bonchev–Trinajstić information content (AvgIpc) is 2.74. The Bertz CT molecular complexity index is 595. The number of halogens is 1. The van der Waals surface area contributed by atoms with Crippen LogP contribution < -0.4 is 5.32 Å². The maximum absolute atomic E-state index is 11.2. The first-order chi connectivity index (χ1) is 9.08. The molecule has 0 bridgehead atoms. The van der Waals surface area contributed by atoms with Gasteiger partial charge in [-0.2, -0.15) is 5.10 Å². The van der Waals surface area contributed by atoms with Gasteiger partial charge in [-0.05, 0) is 40.5 Å². The molecule has 5 nitrogen and oxygen atoms in total. The van der Waals surface area contributed by atoms with Gasteiger partial charge in [-0.1, -0.05) is 6.07 Å². The molecule has 1 aromatic heterocycles. The SMILES string of the molecule is Cc1cnn(CCNc2cccc(Br)c2C(=O)O)c1. The first-order valence-electron chi connectivity index (χ1n) is 5.82. The van der Waals surface area contributed by atoms with Crippen molar-refractivity contribution in [2.24, 2.45) is 0 Å². The molecule has 2 rings (SSSR count). The van der Waals surface area contributed by atoms with Crippen LogP contribution in [0.5, 0.6) is 0 Å². The summed E-state index contributed by atoms with van der Waals surface area (Å²) in [4.78, 5) is 11.2. The van der Waals surface area contributed by atoms with Gasteiger partial charge in [0, 0.05) is 22.9 Å². The van der Waals surface area contributed by atoms with Gasteiger partial charge in [0.15, 0.2) is 0 Å². The molecule has 19 heavy (non-hydrogen) atoms. The summed E-state index contributed by atoms with van der Waals surface area (Å²) in [6.45, 7) is 3.27. The Labute approximate surface area is 119 Å². The number of nitrogens with zero attached hydrogens (tertiary/aromatic N) is 2. The molecule has 0 saturated heterocycles. The summed E-state index contributed by atoms with van der Waals surface area (Å²) in [6.07, 6.45) is 3.74. The van der Waals surface area contributed by atoms with E-state index in [0.29, 0.717) is 23.2 Å². The summed E-state index contributed by atoms with van der Waals surface area (Å²) < 4.78 is 2.39. The number of benzene rings is 1. The summed E-state index contributed by atoms with van der Waals surface area (Å²) >= 11 is 3.25. The summed E-state index contributed by atoms with van der Waals surface area (Å²) in [5, 5.41) is 16.5. The lowest BCUT2D eigenvalue weighted by molar-refractivity contribution is 0.0697. The minimum Gasteiger partial charge on any atom is -0.478 e. The Kier molecular flexibility index (Phi) is 4.21. The normalized spacial score (nSPS) is 10.4. The molecule has 2 N–H and O–H groups in total. The Morgan fingerprint density at radius 1 is 1.53 bits per heavy atom. The van der Waals surface area contributed by atoms with Gasteiger partial charge in [-0.25, -0.2) is 4.79 Å². The third kappa shape index (κ3) is 3.35. The smallest absolute Gasteiger partial charge is 0.338 e. The van der Waals surface area contributed by atoms with E-state index in [-0.39, 0.29) is 5.56 Å². The third-order valence-corrected chi connectivity index (χ3v) is 3.31. The molecule has 6 heteroatoms. The molecule has 0 atom stereocenters. The topological polar surface area (TPSA) is 67.2 Å². The summed E-state index contributed by atoms with van der Waals surface area (Å²) in [7, 11) is 0. The van der Waals surface area contributed by atoms with Crippen molar-refractivity contribution >= 4 is 27.6 Å². The van der Waals surface area contributed by atoms with E-state index in [1.165, 1.54) is 0 Å².